The third-order valence-corrected chi connectivity index (χ3v) is 4.24. The van der Waals surface area contributed by atoms with E-state index in [9.17, 15) is 0 Å². The summed E-state index contributed by atoms with van der Waals surface area (Å²) >= 11 is 0. The van der Waals surface area contributed by atoms with Gasteiger partial charge in [0.15, 0.2) is 0 Å². The molecule has 3 heterocycles. The highest BCUT2D eigenvalue weighted by Gasteiger charge is 2.16. The molecule has 5 aromatic rings. The number of aromatic nitrogens is 2. The second-order valence-electron chi connectivity index (χ2n) is 5.45. The predicted octanol–water partition coefficient (Wildman–Crippen LogP) is 4.54. The molecule has 0 saturated carbocycles. The lowest BCUT2D eigenvalue weighted by Crippen LogP contribution is -1.79. The van der Waals surface area contributed by atoms with E-state index >= 15 is 0 Å². The van der Waals surface area contributed by atoms with Crippen molar-refractivity contribution in [2.45, 2.75) is 6.92 Å². The molecule has 5 rings (SSSR count). The SMILES string of the molecule is Cc1cc2c3ccccc3n3c4ccncc4c(c1)c23. The average molecular weight is 256 g/mol. The smallest absolute Gasteiger partial charge is 0.0621 e. The van der Waals surface area contributed by atoms with Gasteiger partial charge in [-0.05, 0) is 36.8 Å². The van der Waals surface area contributed by atoms with Crippen LogP contribution in [0.5, 0.6) is 0 Å². The minimum atomic E-state index is 1.24. The number of pyridine rings is 1. The number of nitrogens with zero attached hydrogens (tertiary/aromatic N) is 2. The van der Waals surface area contributed by atoms with Crippen LogP contribution in [0.3, 0.4) is 0 Å². The van der Waals surface area contributed by atoms with Gasteiger partial charge in [-0.15, -0.1) is 0 Å². The summed E-state index contributed by atoms with van der Waals surface area (Å²) in [5.74, 6) is 0. The molecule has 0 bridgehead atoms. The van der Waals surface area contributed by atoms with Crippen LogP contribution in [0.1, 0.15) is 5.56 Å². The zero-order valence-corrected chi connectivity index (χ0v) is 11.1. The molecule has 2 heteroatoms. The number of rotatable bonds is 0. The number of hydrogen-bond donors (Lipinski definition) is 0. The first-order chi connectivity index (χ1) is 9.84. The van der Waals surface area contributed by atoms with Crippen LogP contribution in [0.15, 0.2) is 54.9 Å². The normalized spacial score (nSPS) is 12.2. The van der Waals surface area contributed by atoms with E-state index in [4.69, 9.17) is 0 Å². The van der Waals surface area contributed by atoms with Gasteiger partial charge in [0, 0.05) is 33.9 Å². The summed E-state index contributed by atoms with van der Waals surface area (Å²) in [5.41, 5.74) is 5.14. The second kappa shape index (κ2) is 3.28. The molecule has 0 aliphatic carbocycles. The van der Waals surface area contributed by atoms with Gasteiger partial charge < -0.3 is 4.40 Å². The van der Waals surface area contributed by atoms with Crippen molar-refractivity contribution in [2.75, 3.05) is 0 Å². The van der Waals surface area contributed by atoms with Crippen LogP contribution in [0.25, 0.3) is 38.1 Å². The van der Waals surface area contributed by atoms with E-state index in [1.54, 1.807) is 0 Å². The maximum atomic E-state index is 4.30. The van der Waals surface area contributed by atoms with Crippen LogP contribution >= 0.6 is 0 Å². The largest absolute Gasteiger partial charge is 0.308 e. The van der Waals surface area contributed by atoms with E-state index in [2.05, 4.69) is 58.8 Å². The van der Waals surface area contributed by atoms with Crippen LogP contribution in [-0.2, 0) is 0 Å². The Hall–Kier alpha value is -2.61. The van der Waals surface area contributed by atoms with Crippen LogP contribution in [0.2, 0.25) is 0 Å². The van der Waals surface area contributed by atoms with Crippen molar-refractivity contribution in [3.05, 3.63) is 60.4 Å². The van der Waals surface area contributed by atoms with E-state index in [1.165, 1.54) is 43.7 Å². The minimum absolute atomic E-state index is 1.24. The summed E-state index contributed by atoms with van der Waals surface area (Å²) in [6.45, 7) is 2.16. The molecule has 0 spiro atoms. The molecule has 2 aromatic carbocycles. The van der Waals surface area contributed by atoms with Crippen LogP contribution in [-0.4, -0.2) is 9.38 Å². The Balaban J connectivity index is 2.30. The number of fused-ring (bicyclic) bond motifs is 6. The fourth-order valence-electron chi connectivity index (χ4n) is 3.49. The molecule has 94 valence electrons. The summed E-state index contributed by atoms with van der Waals surface area (Å²) in [7, 11) is 0. The third kappa shape index (κ3) is 1.04. The van der Waals surface area contributed by atoms with E-state index in [-0.39, 0.29) is 0 Å². The Bertz CT molecular complexity index is 1020. The Morgan fingerprint density at radius 2 is 1.60 bits per heavy atom. The lowest BCUT2D eigenvalue weighted by Gasteiger charge is -1.97. The van der Waals surface area contributed by atoms with Crippen LogP contribution in [0.4, 0.5) is 0 Å². The van der Waals surface area contributed by atoms with Crippen molar-refractivity contribution in [1.82, 2.24) is 9.38 Å². The summed E-state index contributed by atoms with van der Waals surface area (Å²) in [4.78, 5) is 4.30. The van der Waals surface area contributed by atoms with Gasteiger partial charge in [0.1, 0.15) is 0 Å². The van der Waals surface area contributed by atoms with Gasteiger partial charge in [0.2, 0.25) is 0 Å². The van der Waals surface area contributed by atoms with E-state index in [0.717, 1.165) is 0 Å². The quantitative estimate of drug-likeness (QED) is 0.397. The van der Waals surface area contributed by atoms with Gasteiger partial charge in [-0.25, -0.2) is 0 Å². The average Bonchev–Trinajstić information content (AvgIpc) is 2.98. The van der Waals surface area contributed by atoms with Crippen molar-refractivity contribution in [3.63, 3.8) is 0 Å². The van der Waals surface area contributed by atoms with Gasteiger partial charge >= 0.3 is 0 Å². The summed E-state index contributed by atoms with van der Waals surface area (Å²) in [6.07, 6.45) is 3.85. The Morgan fingerprint density at radius 3 is 2.50 bits per heavy atom. The molecule has 0 atom stereocenters. The zero-order valence-electron chi connectivity index (χ0n) is 11.1. The lowest BCUT2D eigenvalue weighted by molar-refractivity contribution is 1.32. The molecule has 0 fully saturated rings. The highest BCUT2D eigenvalue weighted by molar-refractivity contribution is 6.23. The highest BCUT2D eigenvalue weighted by atomic mass is 14.9. The third-order valence-electron chi connectivity index (χ3n) is 4.24. The Kier molecular flexibility index (Phi) is 1.68. The van der Waals surface area contributed by atoms with Gasteiger partial charge in [0.25, 0.3) is 0 Å². The summed E-state index contributed by atoms with van der Waals surface area (Å²) in [5, 5.41) is 5.21. The highest BCUT2D eigenvalue weighted by Crippen LogP contribution is 2.38. The molecule has 0 radical (unpaired) electrons. The van der Waals surface area contributed by atoms with Gasteiger partial charge in [0.05, 0.1) is 16.6 Å². The maximum Gasteiger partial charge on any atom is 0.0621 e. The van der Waals surface area contributed by atoms with E-state index in [0.29, 0.717) is 0 Å². The fourth-order valence-corrected chi connectivity index (χ4v) is 3.49. The second-order valence-corrected chi connectivity index (χ2v) is 5.45. The molecule has 20 heavy (non-hydrogen) atoms. The zero-order chi connectivity index (χ0) is 13.3. The number of benzene rings is 2. The first kappa shape index (κ1) is 10.2. The van der Waals surface area contributed by atoms with Crippen molar-refractivity contribution in [2.24, 2.45) is 0 Å². The van der Waals surface area contributed by atoms with Crippen molar-refractivity contribution in [3.8, 4) is 0 Å². The Morgan fingerprint density at radius 1 is 0.850 bits per heavy atom. The molecule has 0 unspecified atom stereocenters. The molecule has 0 amide bonds. The monoisotopic (exact) mass is 256 g/mol. The number of hydrogen-bond acceptors (Lipinski definition) is 1. The van der Waals surface area contributed by atoms with Gasteiger partial charge in [-0.1, -0.05) is 18.2 Å². The van der Waals surface area contributed by atoms with Crippen molar-refractivity contribution in [1.29, 1.82) is 0 Å². The van der Waals surface area contributed by atoms with Crippen LogP contribution in [0, 0.1) is 6.92 Å². The van der Waals surface area contributed by atoms with E-state index in [1.807, 2.05) is 12.4 Å². The molecule has 0 aliphatic heterocycles. The minimum Gasteiger partial charge on any atom is -0.308 e. The lowest BCUT2D eigenvalue weighted by atomic mass is 10.1. The summed E-state index contributed by atoms with van der Waals surface area (Å²) < 4.78 is 2.37. The predicted molar refractivity (Wildman–Crippen MR) is 83.6 cm³/mol. The van der Waals surface area contributed by atoms with Crippen LogP contribution < -0.4 is 0 Å². The molecule has 0 saturated heterocycles. The molecule has 0 N–H and O–H groups in total. The topological polar surface area (TPSA) is 17.3 Å². The van der Waals surface area contributed by atoms with Gasteiger partial charge in [-0.2, -0.15) is 0 Å². The van der Waals surface area contributed by atoms with Crippen molar-refractivity contribution < 1.29 is 0 Å². The first-order valence-corrected chi connectivity index (χ1v) is 6.83. The summed E-state index contributed by atoms with van der Waals surface area (Å²) in [6, 6.07) is 15.3. The fraction of sp³-hybridized carbons (Fsp3) is 0.0556. The maximum absolute atomic E-state index is 4.30. The Labute approximate surface area is 115 Å². The number of aryl methyl sites for hydroxylation is 1. The van der Waals surface area contributed by atoms with E-state index < -0.39 is 0 Å². The standard InChI is InChI=1S/C18H12N2/c1-11-8-13-12-4-2-3-5-16(12)20-17-6-7-19-10-15(17)14(9-11)18(13)20/h2-10H,1H3. The van der Waals surface area contributed by atoms with Crippen molar-refractivity contribution >= 4 is 38.1 Å². The molecular weight excluding hydrogens is 244 g/mol. The molecular formula is C18H12N2. The van der Waals surface area contributed by atoms with Gasteiger partial charge in [-0.3, -0.25) is 4.98 Å². The number of para-hydroxylation sites is 1. The molecule has 3 aromatic heterocycles. The molecule has 0 aliphatic rings. The molecule has 2 nitrogen and oxygen atoms in total. The first-order valence-electron chi connectivity index (χ1n) is 6.83.